The monoisotopic (exact) mass is 382 g/mol. The highest BCUT2D eigenvalue weighted by Crippen LogP contribution is 2.30. The molecule has 0 aromatic heterocycles. The van der Waals surface area contributed by atoms with Crippen LogP contribution >= 0.6 is 0 Å². The Morgan fingerprint density at radius 1 is 1.07 bits per heavy atom. The van der Waals surface area contributed by atoms with Gasteiger partial charge in [0.2, 0.25) is 5.91 Å². The van der Waals surface area contributed by atoms with Crippen LogP contribution < -0.4 is 16.0 Å². The van der Waals surface area contributed by atoms with Crippen molar-refractivity contribution >= 4 is 28.9 Å². The molecule has 0 bridgehead atoms. The van der Waals surface area contributed by atoms with Crippen LogP contribution in [0.15, 0.2) is 36.4 Å². The third kappa shape index (κ3) is 4.11. The Bertz CT molecular complexity index is 936. The summed E-state index contributed by atoms with van der Waals surface area (Å²) in [7, 11) is 0. The minimum Gasteiger partial charge on any atom is -0.370 e. The number of primary amides is 1. The van der Waals surface area contributed by atoms with Crippen LogP contribution in [0.25, 0.3) is 0 Å². The van der Waals surface area contributed by atoms with Gasteiger partial charge in [0.05, 0.1) is 16.3 Å². The zero-order valence-corrected chi connectivity index (χ0v) is 15.6. The number of aryl methyl sites for hydroxylation is 1. The molecule has 1 saturated heterocycles. The van der Waals surface area contributed by atoms with E-state index in [9.17, 15) is 19.7 Å². The topological polar surface area (TPSA) is 119 Å². The van der Waals surface area contributed by atoms with Gasteiger partial charge in [-0.2, -0.15) is 0 Å². The highest BCUT2D eigenvalue weighted by molar-refractivity contribution is 6.07. The summed E-state index contributed by atoms with van der Waals surface area (Å²) in [6.45, 7) is 3.33. The number of nitro groups is 1. The van der Waals surface area contributed by atoms with Crippen LogP contribution in [0.1, 0.15) is 45.5 Å². The summed E-state index contributed by atoms with van der Waals surface area (Å²) in [5, 5.41) is 13.8. The van der Waals surface area contributed by atoms with Crippen molar-refractivity contribution in [1.29, 1.82) is 0 Å². The number of carbonyl (C=O) groups excluding carboxylic acids is 2. The molecule has 1 aliphatic heterocycles. The Labute approximate surface area is 162 Å². The summed E-state index contributed by atoms with van der Waals surface area (Å²) in [4.78, 5) is 37.0. The van der Waals surface area contributed by atoms with Gasteiger partial charge in [-0.25, -0.2) is 0 Å². The van der Waals surface area contributed by atoms with Crippen molar-refractivity contribution in [2.45, 2.75) is 26.2 Å². The van der Waals surface area contributed by atoms with Crippen molar-refractivity contribution in [2.24, 2.45) is 5.73 Å². The van der Waals surface area contributed by atoms with Crippen LogP contribution in [0.2, 0.25) is 0 Å². The van der Waals surface area contributed by atoms with Crippen LogP contribution in [-0.2, 0) is 0 Å². The average molecular weight is 382 g/mol. The fraction of sp³-hybridized carbons (Fsp3) is 0.300. The number of anilines is 2. The SMILES string of the molecule is Cc1cc(C(=O)Nc2cc(C(N)=O)ccc2N2CCCCC2)ccc1[N+](=O)[O-]. The maximum atomic E-state index is 12.7. The normalized spacial score (nSPS) is 13.8. The molecule has 2 amide bonds. The number of nitrogens with zero attached hydrogens (tertiary/aromatic N) is 2. The second-order valence-corrected chi connectivity index (χ2v) is 6.86. The standard InChI is InChI=1S/C20H22N4O4/c1-13-11-15(6-7-17(13)24(27)28)20(26)22-16-12-14(19(21)25)5-8-18(16)23-9-3-2-4-10-23/h5-8,11-12H,2-4,9-10H2,1H3,(H2,21,25)(H,22,26). The van der Waals surface area contributed by atoms with Gasteiger partial charge in [0.1, 0.15) is 0 Å². The number of hydrogen-bond acceptors (Lipinski definition) is 5. The molecule has 1 heterocycles. The highest BCUT2D eigenvalue weighted by atomic mass is 16.6. The fourth-order valence-electron chi connectivity index (χ4n) is 3.40. The number of amides is 2. The Kier molecular flexibility index (Phi) is 5.58. The molecule has 1 fully saturated rings. The van der Waals surface area contributed by atoms with E-state index in [2.05, 4.69) is 10.2 Å². The average Bonchev–Trinajstić information content (AvgIpc) is 2.68. The van der Waals surface area contributed by atoms with Crippen LogP contribution in [0.4, 0.5) is 17.1 Å². The van der Waals surface area contributed by atoms with Gasteiger partial charge in [-0.3, -0.25) is 19.7 Å². The minimum atomic E-state index is -0.577. The first-order chi connectivity index (χ1) is 13.4. The molecular formula is C20H22N4O4. The fourth-order valence-corrected chi connectivity index (χ4v) is 3.40. The van der Waals surface area contributed by atoms with Gasteiger partial charge in [0.15, 0.2) is 0 Å². The molecule has 146 valence electrons. The Morgan fingerprint density at radius 3 is 2.36 bits per heavy atom. The molecule has 0 saturated carbocycles. The zero-order chi connectivity index (χ0) is 20.3. The van der Waals surface area contributed by atoms with Crippen molar-refractivity contribution in [3.05, 3.63) is 63.2 Å². The second-order valence-electron chi connectivity index (χ2n) is 6.86. The lowest BCUT2D eigenvalue weighted by atomic mass is 10.1. The number of rotatable bonds is 5. The van der Waals surface area contributed by atoms with E-state index in [1.807, 2.05) is 0 Å². The molecule has 28 heavy (non-hydrogen) atoms. The number of nitrogens with two attached hydrogens (primary N) is 1. The first-order valence-electron chi connectivity index (χ1n) is 9.12. The van der Waals surface area contributed by atoms with Crippen LogP contribution in [0.3, 0.4) is 0 Å². The van der Waals surface area contributed by atoms with Crippen molar-refractivity contribution < 1.29 is 14.5 Å². The van der Waals surface area contributed by atoms with Crippen molar-refractivity contribution in [3.8, 4) is 0 Å². The maximum Gasteiger partial charge on any atom is 0.272 e. The molecule has 3 rings (SSSR count). The smallest absolute Gasteiger partial charge is 0.272 e. The van der Waals surface area contributed by atoms with Gasteiger partial charge in [0, 0.05) is 35.8 Å². The van der Waals surface area contributed by atoms with Crippen LogP contribution in [0.5, 0.6) is 0 Å². The van der Waals surface area contributed by atoms with E-state index in [0.717, 1.165) is 31.6 Å². The van der Waals surface area contributed by atoms with Gasteiger partial charge >= 0.3 is 0 Å². The minimum absolute atomic E-state index is 0.0405. The summed E-state index contributed by atoms with van der Waals surface area (Å²) in [5.74, 6) is -0.982. The number of hydrogen-bond donors (Lipinski definition) is 2. The lowest BCUT2D eigenvalue weighted by Gasteiger charge is -2.30. The van der Waals surface area contributed by atoms with Gasteiger partial charge in [-0.05, 0) is 56.5 Å². The number of nitrogens with one attached hydrogen (secondary N) is 1. The summed E-state index contributed by atoms with van der Waals surface area (Å²) in [6.07, 6.45) is 3.29. The first-order valence-corrected chi connectivity index (χ1v) is 9.12. The Balaban J connectivity index is 1.92. The lowest BCUT2D eigenvalue weighted by Crippen LogP contribution is -2.30. The molecule has 8 nitrogen and oxygen atoms in total. The van der Waals surface area contributed by atoms with Gasteiger partial charge in [-0.15, -0.1) is 0 Å². The van der Waals surface area contributed by atoms with E-state index in [1.54, 1.807) is 25.1 Å². The Morgan fingerprint density at radius 2 is 1.75 bits per heavy atom. The number of benzene rings is 2. The quantitative estimate of drug-likeness (QED) is 0.608. The predicted octanol–water partition coefficient (Wildman–Crippen LogP) is 3.24. The Hall–Kier alpha value is -3.42. The highest BCUT2D eigenvalue weighted by Gasteiger charge is 2.19. The van der Waals surface area contributed by atoms with Crippen molar-refractivity contribution in [1.82, 2.24) is 0 Å². The van der Waals surface area contributed by atoms with E-state index < -0.39 is 16.7 Å². The van der Waals surface area contributed by atoms with E-state index in [-0.39, 0.29) is 5.69 Å². The number of carbonyl (C=O) groups is 2. The number of piperidine rings is 1. The van der Waals surface area contributed by atoms with E-state index in [0.29, 0.717) is 22.4 Å². The summed E-state index contributed by atoms with van der Waals surface area (Å²) in [5.41, 5.74) is 7.69. The van der Waals surface area contributed by atoms with Gasteiger partial charge < -0.3 is 16.0 Å². The van der Waals surface area contributed by atoms with Crippen molar-refractivity contribution in [2.75, 3.05) is 23.3 Å². The molecule has 8 heteroatoms. The van der Waals surface area contributed by atoms with Crippen LogP contribution in [-0.4, -0.2) is 29.8 Å². The molecule has 2 aromatic rings. The van der Waals surface area contributed by atoms with Gasteiger partial charge in [-0.1, -0.05) is 0 Å². The molecule has 0 radical (unpaired) electrons. The zero-order valence-electron chi connectivity index (χ0n) is 15.6. The maximum absolute atomic E-state index is 12.7. The van der Waals surface area contributed by atoms with Crippen LogP contribution in [0, 0.1) is 17.0 Å². The first kappa shape index (κ1) is 19.3. The van der Waals surface area contributed by atoms with Gasteiger partial charge in [0.25, 0.3) is 11.6 Å². The van der Waals surface area contributed by atoms with Crippen molar-refractivity contribution in [3.63, 3.8) is 0 Å². The molecule has 1 aliphatic rings. The largest absolute Gasteiger partial charge is 0.370 e. The summed E-state index contributed by atoms with van der Waals surface area (Å²) < 4.78 is 0. The lowest BCUT2D eigenvalue weighted by molar-refractivity contribution is -0.385. The molecule has 0 unspecified atom stereocenters. The van der Waals surface area contributed by atoms with E-state index >= 15 is 0 Å². The summed E-state index contributed by atoms with van der Waals surface area (Å²) >= 11 is 0. The molecular weight excluding hydrogens is 360 g/mol. The van der Waals surface area contributed by atoms with E-state index in [1.165, 1.54) is 24.6 Å². The molecule has 0 spiro atoms. The summed E-state index contributed by atoms with van der Waals surface area (Å²) in [6, 6.07) is 9.23. The second kappa shape index (κ2) is 8.08. The molecule has 2 aromatic carbocycles. The molecule has 3 N–H and O–H groups in total. The third-order valence-electron chi connectivity index (χ3n) is 4.88. The predicted molar refractivity (Wildman–Crippen MR) is 107 cm³/mol. The third-order valence-corrected chi connectivity index (χ3v) is 4.88. The molecule has 0 aliphatic carbocycles. The number of nitro benzene ring substituents is 1. The molecule has 0 atom stereocenters. The van der Waals surface area contributed by atoms with E-state index in [4.69, 9.17) is 5.73 Å².